The Morgan fingerprint density at radius 1 is 1.28 bits per heavy atom. The van der Waals surface area contributed by atoms with Crippen LogP contribution in [0.1, 0.15) is 5.69 Å². The normalized spacial score (nSPS) is 10.7. The number of hydrogen-bond donors (Lipinski definition) is 0. The average molecular weight is 255 g/mol. The standard InChI is InChI=1S/C12H11F2NO3/c1-6-4-7-10(14)9(17-2)5-8(13)11(7)15(6)12(16)18-3/h4-5H,1-3H3. The molecule has 0 bridgehead atoms. The van der Waals surface area contributed by atoms with Crippen LogP contribution in [-0.2, 0) is 4.74 Å². The SMILES string of the molecule is COC(=O)n1c(C)cc2c(F)c(OC)cc(F)c21. The molecule has 0 N–H and O–H groups in total. The molecule has 1 heterocycles. The maximum absolute atomic E-state index is 14.0. The minimum atomic E-state index is -0.772. The second-order valence-corrected chi connectivity index (χ2v) is 3.73. The van der Waals surface area contributed by atoms with Gasteiger partial charge in [-0.15, -0.1) is 0 Å². The molecule has 2 aromatic rings. The second kappa shape index (κ2) is 4.29. The molecule has 0 saturated heterocycles. The molecule has 18 heavy (non-hydrogen) atoms. The van der Waals surface area contributed by atoms with Gasteiger partial charge in [-0.3, -0.25) is 0 Å². The molecule has 0 unspecified atom stereocenters. The number of halogens is 2. The third-order valence-corrected chi connectivity index (χ3v) is 2.70. The van der Waals surface area contributed by atoms with Crippen LogP contribution < -0.4 is 4.74 Å². The van der Waals surface area contributed by atoms with E-state index in [1.807, 2.05) is 0 Å². The zero-order chi connectivity index (χ0) is 13.4. The summed E-state index contributed by atoms with van der Waals surface area (Å²) in [5.41, 5.74) is 0.223. The van der Waals surface area contributed by atoms with E-state index in [0.29, 0.717) is 5.69 Å². The molecular formula is C12H11F2NO3. The van der Waals surface area contributed by atoms with E-state index >= 15 is 0 Å². The van der Waals surface area contributed by atoms with Crippen molar-refractivity contribution < 1.29 is 23.0 Å². The van der Waals surface area contributed by atoms with Gasteiger partial charge in [-0.05, 0) is 13.0 Å². The van der Waals surface area contributed by atoms with E-state index in [1.54, 1.807) is 6.92 Å². The summed E-state index contributed by atoms with van der Waals surface area (Å²) in [6.07, 6.45) is -0.772. The Kier molecular flexibility index (Phi) is 2.94. The largest absolute Gasteiger partial charge is 0.494 e. The van der Waals surface area contributed by atoms with E-state index in [0.717, 1.165) is 10.6 Å². The Morgan fingerprint density at radius 2 is 1.94 bits per heavy atom. The molecule has 0 radical (unpaired) electrons. The lowest BCUT2D eigenvalue weighted by Crippen LogP contribution is -2.13. The number of benzene rings is 1. The third-order valence-electron chi connectivity index (χ3n) is 2.70. The first-order valence-electron chi connectivity index (χ1n) is 5.13. The zero-order valence-corrected chi connectivity index (χ0v) is 10.1. The highest BCUT2D eigenvalue weighted by atomic mass is 19.1. The van der Waals surface area contributed by atoms with Gasteiger partial charge in [0, 0.05) is 17.1 Å². The molecule has 0 atom stereocenters. The van der Waals surface area contributed by atoms with E-state index in [1.165, 1.54) is 20.3 Å². The Bertz CT molecular complexity index is 634. The van der Waals surface area contributed by atoms with Gasteiger partial charge in [0.1, 0.15) is 0 Å². The van der Waals surface area contributed by atoms with Crippen LogP contribution in [0.3, 0.4) is 0 Å². The van der Waals surface area contributed by atoms with E-state index in [2.05, 4.69) is 4.74 Å². The molecule has 0 aliphatic carbocycles. The smallest absolute Gasteiger partial charge is 0.418 e. The topological polar surface area (TPSA) is 40.5 Å². The Labute approximate surface area is 102 Å². The van der Waals surface area contributed by atoms with Crippen molar-refractivity contribution in [3.8, 4) is 5.75 Å². The number of nitrogens with zero attached hydrogens (tertiary/aromatic N) is 1. The number of rotatable bonds is 1. The monoisotopic (exact) mass is 255 g/mol. The summed E-state index contributed by atoms with van der Waals surface area (Å²) in [5.74, 6) is -1.66. The average Bonchev–Trinajstić information content (AvgIpc) is 2.71. The summed E-state index contributed by atoms with van der Waals surface area (Å²) in [6, 6.07) is 2.27. The summed E-state index contributed by atoms with van der Waals surface area (Å²) in [5, 5.41) is -0.0187. The predicted octanol–water partition coefficient (Wildman–Crippen LogP) is 2.85. The minimum absolute atomic E-state index is 0.0187. The quantitative estimate of drug-likeness (QED) is 0.786. The molecule has 2 rings (SSSR count). The van der Waals surface area contributed by atoms with Crippen molar-refractivity contribution in [2.45, 2.75) is 6.92 Å². The van der Waals surface area contributed by atoms with Crippen LogP contribution in [0.25, 0.3) is 10.9 Å². The molecule has 0 aliphatic heterocycles. The number of hydrogen-bond acceptors (Lipinski definition) is 3. The fraction of sp³-hybridized carbons (Fsp3) is 0.250. The number of aromatic nitrogens is 1. The predicted molar refractivity (Wildman–Crippen MR) is 60.9 cm³/mol. The molecule has 0 spiro atoms. The lowest BCUT2D eigenvalue weighted by atomic mass is 10.2. The lowest BCUT2D eigenvalue weighted by Gasteiger charge is -2.07. The van der Waals surface area contributed by atoms with Crippen LogP contribution >= 0.6 is 0 Å². The number of carbonyl (C=O) groups is 1. The number of aryl methyl sites for hydroxylation is 1. The molecule has 0 aliphatic rings. The fourth-order valence-electron chi connectivity index (χ4n) is 1.90. The molecule has 0 amide bonds. The summed E-state index contributed by atoms with van der Waals surface area (Å²) in [7, 11) is 2.42. The van der Waals surface area contributed by atoms with Gasteiger partial charge in [0.15, 0.2) is 17.4 Å². The van der Waals surface area contributed by atoms with Crippen molar-refractivity contribution >= 4 is 17.0 Å². The highest BCUT2D eigenvalue weighted by Crippen LogP contribution is 2.31. The number of carbonyl (C=O) groups excluding carboxylic acids is 1. The van der Waals surface area contributed by atoms with E-state index in [9.17, 15) is 13.6 Å². The van der Waals surface area contributed by atoms with Crippen molar-refractivity contribution in [3.63, 3.8) is 0 Å². The second-order valence-electron chi connectivity index (χ2n) is 3.73. The van der Waals surface area contributed by atoms with Gasteiger partial charge in [-0.1, -0.05) is 0 Å². The van der Waals surface area contributed by atoms with Gasteiger partial charge in [-0.2, -0.15) is 0 Å². The fourth-order valence-corrected chi connectivity index (χ4v) is 1.90. The van der Waals surface area contributed by atoms with Crippen LogP contribution in [0, 0.1) is 18.6 Å². The number of fused-ring (bicyclic) bond motifs is 1. The van der Waals surface area contributed by atoms with Crippen LogP contribution in [0.15, 0.2) is 12.1 Å². The Morgan fingerprint density at radius 3 is 2.50 bits per heavy atom. The first-order chi connectivity index (χ1) is 8.51. The van der Waals surface area contributed by atoms with Crippen molar-refractivity contribution in [2.24, 2.45) is 0 Å². The molecule has 0 fully saturated rings. The van der Waals surface area contributed by atoms with Gasteiger partial charge < -0.3 is 9.47 Å². The van der Waals surface area contributed by atoms with Gasteiger partial charge in [0.05, 0.1) is 19.7 Å². The van der Waals surface area contributed by atoms with Gasteiger partial charge in [-0.25, -0.2) is 18.1 Å². The molecule has 1 aromatic carbocycles. The van der Waals surface area contributed by atoms with Crippen molar-refractivity contribution in [1.82, 2.24) is 4.57 Å². The molecule has 6 heteroatoms. The summed E-state index contributed by atoms with van der Waals surface area (Å²) in [4.78, 5) is 11.5. The molecule has 1 aromatic heterocycles. The van der Waals surface area contributed by atoms with E-state index in [-0.39, 0.29) is 16.7 Å². The first-order valence-corrected chi connectivity index (χ1v) is 5.13. The summed E-state index contributed by atoms with van der Waals surface area (Å²) >= 11 is 0. The van der Waals surface area contributed by atoms with Crippen LogP contribution in [-0.4, -0.2) is 24.9 Å². The van der Waals surface area contributed by atoms with Crippen molar-refractivity contribution in [2.75, 3.05) is 14.2 Å². The van der Waals surface area contributed by atoms with Crippen LogP contribution in [0.4, 0.5) is 13.6 Å². The number of ether oxygens (including phenoxy) is 2. The first kappa shape index (κ1) is 12.3. The third kappa shape index (κ3) is 1.61. The van der Waals surface area contributed by atoms with Gasteiger partial charge in [0.2, 0.25) is 0 Å². The zero-order valence-electron chi connectivity index (χ0n) is 10.1. The lowest BCUT2D eigenvalue weighted by molar-refractivity contribution is 0.173. The molecule has 96 valence electrons. The minimum Gasteiger partial charge on any atom is -0.494 e. The maximum atomic E-state index is 14.0. The highest BCUT2D eigenvalue weighted by Gasteiger charge is 2.21. The molecule has 0 saturated carbocycles. The summed E-state index contributed by atoms with van der Waals surface area (Å²) < 4.78 is 38.1. The maximum Gasteiger partial charge on any atom is 0.418 e. The van der Waals surface area contributed by atoms with Crippen molar-refractivity contribution in [3.05, 3.63) is 29.5 Å². The summed E-state index contributed by atoms with van der Waals surface area (Å²) in [6.45, 7) is 1.56. The highest BCUT2D eigenvalue weighted by molar-refractivity contribution is 5.92. The Balaban J connectivity index is 2.88. The Hall–Kier alpha value is -2.11. The van der Waals surface area contributed by atoms with Crippen LogP contribution in [0.2, 0.25) is 0 Å². The number of methoxy groups -OCH3 is 2. The van der Waals surface area contributed by atoms with Gasteiger partial charge in [0.25, 0.3) is 0 Å². The molecule has 4 nitrogen and oxygen atoms in total. The van der Waals surface area contributed by atoms with Gasteiger partial charge >= 0.3 is 6.09 Å². The van der Waals surface area contributed by atoms with Crippen molar-refractivity contribution in [1.29, 1.82) is 0 Å². The van der Waals surface area contributed by atoms with E-state index in [4.69, 9.17) is 4.74 Å². The van der Waals surface area contributed by atoms with E-state index < -0.39 is 17.7 Å². The van der Waals surface area contributed by atoms with Crippen LogP contribution in [0.5, 0.6) is 5.75 Å². The molecular weight excluding hydrogens is 244 g/mol.